The van der Waals surface area contributed by atoms with Crippen LogP contribution in [-0.4, -0.2) is 48.2 Å². The van der Waals surface area contributed by atoms with Crippen molar-refractivity contribution >= 4 is 34.2 Å². The van der Waals surface area contributed by atoms with E-state index in [0.717, 1.165) is 38.5 Å². The van der Waals surface area contributed by atoms with Crippen LogP contribution in [0, 0.1) is 5.82 Å². The van der Waals surface area contributed by atoms with E-state index in [1.54, 1.807) is 25.1 Å². The molecule has 0 radical (unpaired) electrons. The maximum absolute atomic E-state index is 15.8. The summed E-state index contributed by atoms with van der Waals surface area (Å²) in [6, 6.07) is 1.83. The van der Waals surface area contributed by atoms with Crippen LogP contribution in [0.5, 0.6) is 0 Å². The number of nitrogens with zero attached hydrogens (tertiary/aromatic N) is 2. The molecule has 1 heterocycles. The van der Waals surface area contributed by atoms with Gasteiger partial charge in [-0.1, -0.05) is 33.1 Å². The van der Waals surface area contributed by atoms with Crippen molar-refractivity contribution in [1.29, 1.82) is 0 Å². The fourth-order valence-electron chi connectivity index (χ4n) is 4.85. The minimum atomic E-state index is -1.21. The molecule has 0 spiro atoms. The van der Waals surface area contributed by atoms with Gasteiger partial charge in [0.25, 0.3) is 5.91 Å². The van der Waals surface area contributed by atoms with E-state index in [2.05, 4.69) is 10.6 Å². The maximum atomic E-state index is 15.8. The van der Waals surface area contributed by atoms with Gasteiger partial charge in [0.15, 0.2) is 5.82 Å². The van der Waals surface area contributed by atoms with Crippen LogP contribution in [-0.2, 0) is 4.79 Å². The summed E-state index contributed by atoms with van der Waals surface area (Å²) in [5.74, 6) is -2.53. The van der Waals surface area contributed by atoms with E-state index in [4.69, 9.17) is 5.11 Å². The Balaban J connectivity index is 2.29. The molecule has 0 saturated heterocycles. The molecule has 1 aliphatic rings. The molecule has 0 atom stereocenters. The zero-order chi connectivity index (χ0) is 25.0. The number of carbonyl (C=O) groups is 2. The number of aromatic nitrogens is 1. The number of fused-ring (bicyclic) bond motifs is 1. The number of halogens is 1. The van der Waals surface area contributed by atoms with Gasteiger partial charge in [0.05, 0.1) is 22.3 Å². The smallest absolute Gasteiger partial charge is 0.322 e. The highest BCUT2D eigenvalue weighted by atomic mass is 19.1. The second kappa shape index (κ2) is 10.9. The number of carbonyl (C=O) groups excluding carboxylic acids is 1. The zero-order valence-electron chi connectivity index (χ0n) is 20.4. The van der Waals surface area contributed by atoms with E-state index >= 15 is 4.39 Å². The fraction of sp³-hybridized carbons (Fsp3) is 0.560. The molecule has 1 amide bonds. The summed E-state index contributed by atoms with van der Waals surface area (Å²) in [5, 5.41) is 14.7. The second-order valence-electron chi connectivity index (χ2n) is 9.18. The Labute approximate surface area is 199 Å². The zero-order valence-corrected chi connectivity index (χ0v) is 20.4. The molecule has 2 aromatic rings. The number of benzene rings is 1. The summed E-state index contributed by atoms with van der Waals surface area (Å²) in [7, 11) is 3.33. The monoisotopic (exact) mass is 474 g/mol. The van der Waals surface area contributed by atoms with Crippen LogP contribution in [0.4, 0.5) is 15.8 Å². The molecule has 186 valence electrons. The number of carboxylic acids is 1. The van der Waals surface area contributed by atoms with Gasteiger partial charge in [-0.3, -0.25) is 14.4 Å². The summed E-state index contributed by atoms with van der Waals surface area (Å²) in [5.41, 5.74) is 0.207. The first kappa shape index (κ1) is 25.5. The Hall–Kier alpha value is -3.10. The lowest BCUT2D eigenvalue weighted by Gasteiger charge is -2.28. The van der Waals surface area contributed by atoms with Crippen molar-refractivity contribution in [3.63, 3.8) is 0 Å². The largest absolute Gasteiger partial charge is 0.480 e. The van der Waals surface area contributed by atoms with Crippen LogP contribution in [0.25, 0.3) is 10.9 Å². The van der Waals surface area contributed by atoms with Crippen molar-refractivity contribution < 1.29 is 19.1 Å². The minimum absolute atomic E-state index is 0.0304. The first-order chi connectivity index (χ1) is 16.2. The number of aliphatic carboxylic acids is 1. The van der Waals surface area contributed by atoms with Crippen LogP contribution < -0.4 is 21.0 Å². The molecule has 34 heavy (non-hydrogen) atoms. The quantitative estimate of drug-likeness (QED) is 0.505. The van der Waals surface area contributed by atoms with E-state index < -0.39 is 29.7 Å². The molecule has 9 heteroatoms. The Morgan fingerprint density at radius 1 is 1.21 bits per heavy atom. The standard InChI is InChI=1S/C25H35FN4O4/c1-5-16(6-2)30-14-17(25(34)27-13-20(31)32)24(33)21-19(30)12-18(22(26)23(21)29(3)4)28-15-10-8-7-9-11-15/h12,14-16,28H,5-11,13H2,1-4H3,(H,27,34)(H,31,32). The number of pyridine rings is 1. The molecular weight excluding hydrogens is 439 g/mol. The number of rotatable bonds is 9. The summed E-state index contributed by atoms with van der Waals surface area (Å²) < 4.78 is 17.7. The third kappa shape index (κ3) is 5.18. The highest BCUT2D eigenvalue weighted by Crippen LogP contribution is 2.36. The van der Waals surface area contributed by atoms with Crippen LogP contribution in [0.15, 0.2) is 17.1 Å². The van der Waals surface area contributed by atoms with Crippen molar-refractivity contribution in [2.45, 2.75) is 70.9 Å². The van der Waals surface area contributed by atoms with E-state index in [0.29, 0.717) is 11.2 Å². The number of anilines is 2. The molecule has 1 aliphatic carbocycles. The van der Waals surface area contributed by atoms with Gasteiger partial charge in [-0.25, -0.2) is 4.39 Å². The lowest BCUT2D eigenvalue weighted by Crippen LogP contribution is -2.34. The average molecular weight is 475 g/mol. The Morgan fingerprint density at radius 2 is 1.85 bits per heavy atom. The minimum Gasteiger partial charge on any atom is -0.480 e. The molecule has 3 rings (SSSR count). The van der Waals surface area contributed by atoms with Crippen molar-refractivity contribution in [2.24, 2.45) is 0 Å². The van der Waals surface area contributed by atoms with Crippen LogP contribution >= 0.6 is 0 Å². The average Bonchev–Trinajstić information content (AvgIpc) is 2.80. The van der Waals surface area contributed by atoms with Crippen molar-refractivity contribution in [3.05, 3.63) is 33.9 Å². The van der Waals surface area contributed by atoms with Crippen LogP contribution in [0.1, 0.15) is 75.2 Å². The summed E-state index contributed by atoms with van der Waals surface area (Å²) in [4.78, 5) is 38.7. The number of amides is 1. The van der Waals surface area contributed by atoms with Gasteiger partial charge >= 0.3 is 5.97 Å². The molecule has 3 N–H and O–H groups in total. The maximum Gasteiger partial charge on any atom is 0.322 e. The normalized spacial score (nSPS) is 14.4. The number of nitrogens with one attached hydrogen (secondary N) is 2. The van der Waals surface area contributed by atoms with Crippen molar-refractivity contribution in [2.75, 3.05) is 30.9 Å². The number of carboxylic acid groups (broad SMARTS) is 1. The molecular formula is C25H35FN4O4. The molecule has 1 aromatic carbocycles. The van der Waals surface area contributed by atoms with Gasteiger partial charge in [-0.15, -0.1) is 0 Å². The highest BCUT2D eigenvalue weighted by molar-refractivity contribution is 6.02. The highest BCUT2D eigenvalue weighted by Gasteiger charge is 2.26. The van der Waals surface area contributed by atoms with E-state index in [-0.39, 0.29) is 28.7 Å². The van der Waals surface area contributed by atoms with Gasteiger partial charge in [0, 0.05) is 32.4 Å². The van der Waals surface area contributed by atoms with Gasteiger partial charge in [0.2, 0.25) is 5.43 Å². The summed E-state index contributed by atoms with van der Waals surface area (Å²) >= 11 is 0. The topological polar surface area (TPSA) is 104 Å². The van der Waals surface area contributed by atoms with Crippen molar-refractivity contribution in [3.8, 4) is 0 Å². The molecule has 1 aromatic heterocycles. The fourth-order valence-corrected chi connectivity index (χ4v) is 4.85. The Kier molecular flexibility index (Phi) is 8.17. The van der Waals surface area contributed by atoms with Crippen LogP contribution in [0.2, 0.25) is 0 Å². The molecule has 8 nitrogen and oxygen atoms in total. The van der Waals surface area contributed by atoms with E-state index in [9.17, 15) is 14.4 Å². The molecule has 0 bridgehead atoms. The molecule has 0 unspecified atom stereocenters. The van der Waals surface area contributed by atoms with Gasteiger partial charge < -0.3 is 25.2 Å². The number of hydrogen-bond donors (Lipinski definition) is 3. The first-order valence-electron chi connectivity index (χ1n) is 12.0. The summed E-state index contributed by atoms with van der Waals surface area (Å²) in [6.07, 6.45) is 8.29. The molecule has 0 aliphatic heterocycles. The van der Waals surface area contributed by atoms with Gasteiger partial charge in [-0.05, 0) is 31.7 Å². The van der Waals surface area contributed by atoms with Crippen LogP contribution in [0.3, 0.4) is 0 Å². The molecule has 1 fully saturated rings. The molecule has 1 saturated carbocycles. The number of hydrogen-bond acceptors (Lipinski definition) is 5. The first-order valence-corrected chi connectivity index (χ1v) is 12.0. The van der Waals surface area contributed by atoms with Gasteiger partial charge in [-0.2, -0.15) is 0 Å². The van der Waals surface area contributed by atoms with E-state index in [1.807, 2.05) is 18.4 Å². The second-order valence-corrected chi connectivity index (χ2v) is 9.18. The predicted molar refractivity (Wildman–Crippen MR) is 133 cm³/mol. The van der Waals surface area contributed by atoms with Crippen molar-refractivity contribution in [1.82, 2.24) is 9.88 Å². The third-order valence-electron chi connectivity index (χ3n) is 6.63. The Morgan fingerprint density at radius 3 is 2.41 bits per heavy atom. The Bertz CT molecular complexity index is 1120. The van der Waals surface area contributed by atoms with E-state index in [1.165, 1.54) is 12.6 Å². The lowest BCUT2D eigenvalue weighted by molar-refractivity contribution is -0.135. The van der Waals surface area contributed by atoms with Gasteiger partial charge in [0.1, 0.15) is 12.1 Å². The third-order valence-corrected chi connectivity index (χ3v) is 6.63. The predicted octanol–water partition coefficient (Wildman–Crippen LogP) is 4.13. The lowest BCUT2D eigenvalue weighted by atomic mass is 9.95. The summed E-state index contributed by atoms with van der Waals surface area (Å²) in [6.45, 7) is 3.42. The SMILES string of the molecule is CCC(CC)n1cc(C(=O)NCC(=O)O)c(=O)c2c(N(C)C)c(F)c(NC3CCCCC3)cc21.